The van der Waals surface area contributed by atoms with Crippen LogP contribution in [0.15, 0.2) is 66.7 Å². The highest BCUT2D eigenvalue weighted by Crippen LogP contribution is 2.33. The second-order valence-corrected chi connectivity index (χ2v) is 9.25. The van der Waals surface area contributed by atoms with E-state index in [4.69, 9.17) is 14.2 Å². The van der Waals surface area contributed by atoms with Crippen LogP contribution in [0.5, 0.6) is 11.5 Å². The molecule has 0 bridgehead atoms. The third kappa shape index (κ3) is 5.86. The van der Waals surface area contributed by atoms with E-state index in [0.717, 1.165) is 18.4 Å². The molecule has 2 N–H and O–H groups in total. The molecule has 1 aliphatic heterocycles. The normalized spacial score (nSPS) is 17.9. The Balaban J connectivity index is 1.21. The minimum absolute atomic E-state index is 0.0311. The highest BCUT2D eigenvalue weighted by atomic mass is 16.7. The number of fused-ring (bicyclic) bond motifs is 1. The van der Waals surface area contributed by atoms with Gasteiger partial charge >= 0.3 is 5.97 Å². The SMILES string of the molecule is O=C(OC1CCC(Nc2ccc([N+](=O)[O-])cc2C(=O)NCc2ccc3c(c2)OCO3)CC1)c1ccccc1. The number of nitro groups is 1. The summed E-state index contributed by atoms with van der Waals surface area (Å²) in [5.74, 6) is 0.493. The molecule has 1 fully saturated rings. The number of esters is 1. The van der Waals surface area contributed by atoms with Crippen molar-refractivity contribution >= 4 is 23.3 Å². The number of non-ortho nitro benzene ring substituents is 1. The monoisotopic (exact) mass is 517 g/mol. The topological polar surface area (TPSA) is 129 Å². The first-order valence-electron chi connectivity index (χ1n) is 12.4. The fourth-order valence-corrected chi connectivity index (χ4v) is 4.63. The molecule has 0 radical (unpaired) electrons. The minimum atomic E-state index is -0.523. The summed E-state index contributed by atoms with van der Waals surface area (Å²) < 4.78 is 16.4. The summed E-state index contributed by atoms with van der Waals surface area (Å²) >= 11 is 0. The highest BCUT2D eigenvalue weighted by Gasteiger charge is 2.26. The first-order valence-corrected chi connectivity index (χ1v) is 12.4. The first kappa shape index (κ1) is 25.1. The number of hydrogen-bond donors (Lipinski definition) is 2. The van der Waals surface area contributed by atoms with Gasteiger partial charge in [-0.2, -0.15) is 0 Å². The van der Waals surface area contributed by atoms with E-state index >= 15 is 0 Å². The van der Waals surface area contributed by atoms with Crippen LogP contribution in [-0.4, -0.2) is 35.7 Å². The van der Waals surface area contributed by atoms with E-state index in [9.17, 15) is 19.7 Å². The van der Waals surface area contributed by atoms with Crippen LogP contribution in [0.25, 0.3) is 0 Å². The number of hydrogen-bond acceptors (Lipinski definition) is 8. The molecule has 38 heavy (non-hydrogen) atoms. The van der Waals surface area contributed by atoms with Crippen LogP contribution >= 0.6 is 0 Å². The number of anilines is 1. The zero-order valence-corrected chi connectivity index (χ0v) is 20.6. The lowest BCUT2D eigenvalue weighted by atomic mass is 9.92. The van der Waals surface area contributed by atoms with Crippen LogP contribution in [-0.2, 0) is 11.3 Å². The number of amides is 1. The van der Waals surface area contributed by atoms with E-state index in [0.29, 0.717) is 35.6 Å². The van der Waals surface area contributed by atoms with Gasteiger partial charge in [0.25, 0.3) is 11.6 Å². The van der Waals surface area contributed by atoms with Gasteiger partial charge in [0.15, 0.2) is 11.5 Å². The van der Waals surface area contributed by atoms with Crippen molar-refractivity contribution in [2.75, 3.05) is 12.1 Å². The molecule has 196 valence electrons. The van der Waals surface area contributed by atoms with Gasteiger partial charge in [-0.15, -0.1) is 0 Å². The average Bonchev–Trinajstić information content (AvgIpc) is 3.41. The molecule has 1 amide bonds. The van der Waals surface area contributed by atoms with E-state index in [1.54, 1.807) is 42.5 Å². The van der Waals surface area contributed by atoms with Gasteiger partial charge < -0.3 is 24.8 Å². The van der Waals surface area contributed by atoms with Gasteiger partial charge in [0, 0.05) is 30.4 Å². The number of nitrogens with one attached hydrogen (secondary N) is 2. The lowest BCUT2D eigenvalue weighted by molar-refractivity contribution is -0.384. The number of rotatable bonds is 8. The van der Waals surface area contributed by atoms with E-state index in [1.165, 1.54) is 12.1 Å². The van der Waals surface area contributed by atoms with Gasteiger partial charge in [-0.25, -0.2) is 4.79 Å². The van der Waals surface area contributed by atoms with Crippen molar-refractivity contribution in [3.8, 4) is 11.5 Å². The Hall–Kier alpha value is -4.60. The molecule has 0 atom stereocenters. The van der Waals surface area contributed by atoms with Crippen LogP contribution in [0.3, 0.4) is 0 Å². The molecule has 0 spiro atoms. The molecular weight excluding hydrogens is 490 g/mol. The van der Waals surface area contributed by atoms with Crippen LogP contribution in [0.1, 0.15) is 52.0 Å². The maximum atomic E-state index is 13.1. The Kier molecular flexibility index (Phi) is 7.39. The van der Waals surface area contributed by atoms with Gasteiger partial charge in [0.2, 0.25) is 6.79 Å². The minimum Gasteiger partial charge on any atom is -0.459 e. The lowest BCUT2D eigenvalue weighted by Gasteiger charge is -2.30. The third-order valence-corrected chi connectivity index (χ3v) is 6.67. The Labute approximate surface area is 219 Å². The lowest BCUT2D eigenvalue weighted by Crippen LogP contribution is -2.32. The second-order valence-electron chi connectivity index (χ2n) is 9.25. The van der Waals surface area contributed by atoms with E-state index < -0.39 is 10.8 Å². The summed E-state index contributed by atoms with van der Waals surface area (Å²) in [7, 11) is 0. The fraction of sp³-hybridized carbons (Fsp3) is 0.286. The summed E-state index contributed by atoms with van der Waals surface area (Å²) in [5, 5.41) is 17.6. The maximum absolute atomic E-state index is 13.1. The smallest absolute Gasteiger partial charge is 0.338 e. The molecule has 5 rings (SSSR count). The predicted molar refractivity (Wildman–Crippen MR) is 138 cm³/mol. The highest BCUT2D eigenvalue weighted by molar-refractivity contribution is 6.00. The van der Waals surface area contributed by atoms with Crippen LogP contribution in [0.2, 0.25) is 0 Å². The standard InChI is InChI=1S/C28H27N3O7/c32-27(29-16-18-6-13-25-26(14-18)37-17-36-25)23-15-21(31(34)35)9-12-24(23)30-20-7-10-22(11-8-20)38-28(33)19-4-2-1-3-5-19/h1-6,9,12-15,20,22,30H,7-8,10-11,16-17H2,(H,29,32). The Bertz CT molecular complexity index is 1340. The number of nitrogens with zero attached hydrogens (tertiary/aromatic N) is 1. The van der Waals surface area contributed by atoms with Crippen molar-refractivity contribution in [3.63, 3.8) is 0 Å². The Morgan fingerprint density at radius 3 is 2.47 bits per heavy atom. The van der Waals surface area contributed by atoms with Crippen LogP contribution in [0.4, 0.5) is 11.4 Å². The van der Waals surface area contributed by atoms with E-state index in [1.807, 2.05) is 12.1 Å². The molecule has 0 aromatic heterocycles. The molecule has 1 heterocycles. The van der Waals surface area contributed by atoms with Gasteiger partial charge in [0.05, 0.1) is 16.1 Å². The average molecular weight is 518 g/mol. The zero-order valence-electron chi connectivity index (χ0n) is 20.6. The summed E-state index contributed by atoms with van der Waals surface area (Å²) in [4.78, 5) is 36.3. The van der Waals surface area contributed by atoms with Crippen LogP contribution in [0, 0.1) is 10.1 Å². The Morgan fingerprint density at radius 2 is 1.71 bits per heavy atom. The predicted octanol–water partition coefficient (Wildman–Crippen LogP) is 4.83. The van der Waals surface area contributed by atoms with Crippen molar-refractivity contribution in [3.05, 3.63) is 93.5 Å². The van der Waals surface area contributed by atoms with Gasteiger partial charge in [-0.05, 0) is 61.6 Å². The largest absolute Gasteiger partial charge is 0.459 e. The third-order valence-electron chi connectivity index (χ3n) is 6.67. The molecule has 3 aromatic rings. The van der Waals surface area contributed by atoms with Crippen molar-refractivity contribution < 1.29 is 28.7 Å². The van der Waals surface area contributed by atoms with Gasteiger partial charge in [-0.3, -0.25) is 14.9 Å². The summed E-state index contributed by atoms with van der Waals surface area (Å²) in [6, 6.07) is 18.5. The first-order chi connectivity index (χ1) is 18.5. The van der Waals surface area contributed by atoms with Crippen LogP contribution < -0.4 is 20.1 Å². The second kappa shape index (κ2) is 11.2. The molecule has 2 aliphatic rings. The quantitative estimate of drug-likeness (QED) is 0.247. The molecule has 0 unspecified atom stereocenters. The molecule has 0 saturated heterocycles. The number of ether oxygens (including phenoxy) is 3. The van der Waals surface area contributed by atoms with E-state index in [-0.39, 0.29) is 42.7 Å². The van der Waals surface area contributed by atoms with E-state index in [2.05, 4.69) is 10.6 Å². The summed E-state index contributed by atoms with van der Waals surface area (Å²) in [6.45, 7) is 0.376. The number of carbonyl (C=O) groups is 2. The maximum Gasteiger partial charge on any atom is 0.338 e. The molecule has 1 saturated carbocycles. The van der Waals surface area contributed by atoms with Gasteiger partial charge in [0.1, 0.15) is 6.10 Å². The fourth-order valence-electron chi connectivity index (χ4n) is 4.63. The summed E-state index contributed by atoms with van der Waals surface area (Å²) in [6.07, 6.45) is 2.62. The molecule has 10 heteroatoms. The van der Waals surface area contributed by atoms with Crippen molar-refractivity contribution in [2.45, 2.75) is 44.4 Å². The molecule has 10 nitrogen and oxygen atoms in total. The molecule has 3 aromatic carbocycles. The molecule has 1 aliphatic carbocycles. The van der Waals surface area contributed by atoms with Crippen molar-refractivity contribution in [1.82, 2.24) is 5.32 Å². The number of benzene rings is 3. The number of nitro benzene ring substituents is 1. The molecular formula is C28H27N3O7. The zero-order chi connectivity index (χ0) is 26.5. The van der Waals surface area contributed by atoms with Gasteiger partial charge in [-0.1, -0.05) is 24.3 Å². The Morgan fingerprint density at radius 1 is 0.947 bits per heavy atom. The van der Waals surface area contributed by atoms with Crippen molar-refractivity contribution in [1.29, 1.82) is 0 Å². The number of carbonyl (C=O) groups excluding carboxylic acids is 2. The van der Waals surface area contributed by atoms with Crippen molar-refractivity contribution in [2.24, 2.45) is 0 Å². The summed E-state index contributed by atoms with van der Waals surface area (Å²) in [5.41, 5.74) is 1.88.